The molecule has 1 heterocycles. The molecule has 1 N–H and O–H groups in total. The number of aryl methyl sites for hydroxylation is 1. The van der Waals surface area contributed by atoms with E-state index in [1.807, 2.05) is 42.5 Å². The Morgan fingerprint density at radius 2 is 1.85 bits per heavy atom. The third kappa shape index (κ3) is 4.71. The normalized spacial score (nSPS) is 13.9. The number of benzene rings is 2. The molecular weight excluding hydrogens is 344 g/mol. The number of hydrogen-bond acceptors (Lipinski definition) is 5. The van der Waals surface area contributed by atoms with E-state index in [0.29, 0.717) is 37.6 Å². The van der Waals surface area contributed by atoms with Crippen LogP contribution in [0.5, 0.6) is 11.5 Å². The first-order chi connectivity index (χ1) is 13.2. The number of morpholine rings is 1. The number of carbonyl (C=O) groups is 1. The van der Waals surface area contributed by atoms with E-state index in [1.54, 1.807) is 14.2 Å². The van der Waals surface area contributed by atoms with Crippen LogP contribution in [0.2, 0.25) is 0 Å². The summed E-state index contributed by atoms with van der Waals surface area (Å²) in [5.41, 5.74) is 2.82. The zero-order chi connectivity index (χ0) is 19.1. The summed E-state index contributed by atoms with van der Waals surface area (Å²) in [4.78, 5) is 14.8. The van der Waals surface area contributed by atoms with Gasteiger partial charge in [0.2, 0.25) is 5.91 Å². The number of ether oxygens (including phenoxy) is 3. The molecule has 0 unspecified atom stereocenters. The van der Waals surface area contributed by atoms with Gasteiger partial charge >= 0.3 is 0 Å². The van der Waals surface area contributed by atoms with Crippen molar-refractivity contribution in [3.8, 4) is 11.5 Å². The highest BCUT2D eigenvalue weighted by Gasteiger charge is 2.16. The van der Waals surface area contributed by atoms with E-state index in [9.17, 15) is 4.79 Å². The fourth-order valence-corrected chi connectivity index (χ4v) is 3.27. The average molecular weight is 370 g/mol. The summed E-state index contributed by atoms with van der Waals surface area (Å²) in [6.07, 6.45) is 0.937. The Bertz CT molecular complexity index is 773. The van der Waals surface area contributed by atoms with Crippen LogP contribution in [0.1, 0.15) is 12.0 Å². The Labute approximate surface area is 160 Å². The quantitative estimate of drug-likeness (QED) is 0.812. The largest absolute Gasteiger partial charge is 0.493 e. The van der Waals surface area contributed by atoms with Gasteiger partial charge in [-0.05, 0) is 30.2 Å². The number of amides is 1. The van der Waals surface area contributed by atoms with E-state index in [1.165, 1.54) is 0 Å². The zero-order valence-electron chi connectivity index (χ0n) is 15.9. The summed E-state index contributed by atoms with van der Waals surface area (Å²) in [6, 6.07) is 13.6. The molecule has 6 heteroatoms. The number of carbonyl (C=O) groups excluding carboxylic acids is 1. The number of anilines is 2. The van der Waals surface area contributed by atoms with Crippen molar-refractivity contribution in [3.05, 3.63) is 48.0 Å². The van der Waals surface area contributed by atoms with E-state index in [-0.39, 0.29) is 5.91 Å². The van der Waals surface area contributed by atoms with Crippen LogP contribution >= 0.6 is 0 Å². The van der Waals surface area contributed by atoms with Crippen molar-refractivity contribution in [2.45, 2.75) is 12.8 Å². The van der Waals surface area contributed by atoms with Gasteiger partial charge in [-0.3, -0.25) is 4.79 Å². The standard InChI is InChI=1S/C21H26N2O4/c1-25-19-9-5-6-16(21(19)26-2)10-11-20(24)22-17-7-3-4-8-18(17)23-12-14-27-15-13-23/h3-9H,10-15H2,1-2H3,(H,22,24). The smallest absolute Gasteiger partial charge is 0.224 e. The van der Waals surface area contributed by atoms with Gasteiger partial charge < -0.3 is 24.4 Å². The van der Waals surface area contributed by atoms with E-state index >= 15 is 0 Å². The molecule has 27 heavy (non-hydrogen) atoms. The number of rotatable bonds is 7. The van der Waals surface area contributed by atoms with Gasteiger partial charge in [0.1, 0.15) is 0 Å². The molecule has 0 saturated carbocycles. The van der Waals surface area contributed by atoms with Crippen LogP contribution in [0.3, 0.4) is 0 Å². The first-order valence-corrected chi connectivity index (χ1v) is 9.14. The minimum Gasteiger partial charge on any atom is -0.493 e. The molecular formula is C21H26N2O4. The van der Waals surface area contributed by atoms with E-state index < -0.39 is 0 Å². The molecule has 3 rings (SSSR count). The molecule has 1 aliphatic heterocycles. The molecule has 0 spiro atoms. The molecule has 0 aromatic heterocycles. The molecule has 6 nitrogen and oxygen atoms in total. The number of methoxy groups -OCH3 is 2. The van der Waals surface area contributed by atoms with Crippen LogP contribution in [0.25, 0.3) is 0 Å². The fourth-order valence-electron chi connectivity index (χ4n) is 3.27. The second-order valence-electron chi connectivity index (χ2n) is 6.32. The van der Waals surface area contributed by atoms with Crippen molar-refractivity contribution in [1.82, 2.24) is 0 Å². The Balaban J connectivity index is 1.65. The van der Waals surface area contributed by atoms with Crippen LogP contribution in [-0.2, 0) is 16.0 Å². The molecule has 1 aliphatic rings. The molecule has 1 saturated heterocycles. The van der Waals surface area contributed by atoms with E-state index in [2.05, 4.69) is 10.2 Å². The highest BCUT2D eigenvalue weighted by Crippen LogP contribution is 2.32. The second-order valence-corrected chi connectivity index (χ2v) is 6.32. The first-order valence-electron chi connectivity index (χ1n) is 9.14. The molecule has 0 radical (unpaired) electrons. The van der Waals surface area contributed by atoms with Crippen molar-refractivity contribution in [2.24, 2.45) is 0 Å². The van der Waals surface area contributed by atoms with Crippen LogP contribution in [0, 0.1) is 0 Å². The summed E-state index contributed by atoms with van der Waals surface area (Å²) < 4.78 is 16.2. The molecule has 2 aromatic carbocycles. The van der Waals surface area contributed by atoms with Crippen LogP contribution in [0.4, 0.5) is 11.4 Å². The number of para-hydroxylation sites is 3. The third-order valence-corrected chi connectivity index (χ3v) is 4.64. The van der Waals surface area contributed by atoms with Crippen molar-refractivity contribution < 1.29 is 19.0 Å². The Kier molecular flexibility index (Phi) is 6.54. The molecule has 0 bridgehead atoms. The summed E-state index contributed by atoms with van der Waals surface area (Å²) in [7, 11) is 3.22. The van der Waals surface area contributed by atoms with Gasteiger partial charge in [0, 0.05) is 19.5 Å². The van der Waals surface area contributed by atoms with Crippen LogP contribution in [0.15, 0.2) is 42.5 Å². The number of nitrogens with one attached hydrogen (secondary N) is 1. The lowest BCUT2D eigenvalue weighted by Crippen LogP contribution is -2.36. The number of nitrogens with zero attached hydrogens (tertiary/aromatic N) is 1. The van der Waals surface area contributed by atoms with Crippen LogP contribution < -0.4 is 19.7 Å². The summed E-state index contributed by atoms with van der Waals surface area (Å²) >= 11 is 0. The summed E-state index contributed by atoms with van der Waals surface area (Å²) in [5.74, 6) is 1.33. The molecule has 144 valence electrons. The maximum absolute atomic E-state index is 12.5. The maximum Gasteiger partial charge on any atom is 0.224 e. The average Bonchev–Trinajstić information content (AvgIpc) is 2.72. The van der Waals surface area contributed by atoms with Gasteiger partial charge in [-0.2, -0.15) is 0 Å². The van der Waals surface area contributed by atoms with Crippen molar-refractivity contribution in [3.63, 3.8) is 0 Å². The highest BCUT2D eigenvalue weighted by molar-refractivity contribution is 5.94. The third-order valence-electron chi connectivity index (χ3n) is 4.64. The maximum atomic E-state index is 12.5. The van der Waals surface area contributed by atoms with Crippen molar-refractivity contribution in [2.75, 3.05) is 50.7 Å². The van der Waals surface area contributed by atoms with Gasteiger partial charge in [-0.25, -0.2) is 0 Å². The Hall–Kier alpha value is -2.73. The SMILES string of the molecule is COc1cccc(CCC(=O)Nc2ccccc2N2CCOCC2)c1OC. The van der Waals surface area contributed by atoms with E-state index in [0.717, 1.165) is 30.0 Å². The molecule has 1 fully saturated rings. The van der Waals surface area contributed by atoms with Crippen molar-refractivity contribution in [1.29, 1.82) is 0 Å². The Morgan fingerprint density at radius 3 is 2.59 bits per heavy atom. The summed E-state index contributed by atoms with van der Waals surface area (Å²) in [6.45, 7) is 3.07. The predicted octanol–water partition coefficient (Wildman–Crippen LogP) is 3.11. The lowest BCUT2D eigenvalue weighted by atomic mass is 10.1. The minimum atomic E-state index is -0.0272. The predicted molar refractivity (Wildman–Crippen MR) is 106 cm³/mol. The van der Waals surface area contributed by atoms with Crippen LogP contribution in [-0.4, -0.2) is 46.4 Å². The monoisotopic (exact) mass is 370 g/mol. The molecule has 1 amide bonds. The van der Waals surface area contributed by atoms with E-state index in [4.69, 9.17) is 14.2 Å². The minimum absolute atomic E-state index is 0.0272. The fraction of sp³-hybridized carbons (Fsp3) is 0.381. The topological polar surface area (TPSA) is 60.0 Å². The van der Waals surface area contributed by atoms with Gasteiger partial charge in [-0.1, -0.05) is 24.3 Å². The van der Waals surface area contributed by atoms with Gasteiger partial charge in [0.05, 0.1) is 38.8 Å². The molecule has 0 aliphatic carbocycles. The van der Waals surface area contributed by atoms with Crippen molar-refractivity contribution >= 4 is 17.3 Å². The van der Waals surface area contributed by atoms with Gasteiger partial charge in [0.25, 0.3) is 0 Å². The Morgan fingerprint density at radius 1 is 1.07 bits per heavy atom. The lowest BCUT2D eigenvalue weighted by molar-refractivity contribution is -0.116. The molecule has 2 aromatic rings. The highest BCUT2D eigenvalue weighted by atomic mass is 16.5. The lowest BCUT2D eigenvalue weighted by Gasteiger charge is -2.30. The van der Waals surface area contributed by atoms with Gasteiger partial charge in [0.15, 0.2) is 11.5 Å². The molecule has 0 atom stereocenters. The summed E-state index contributed by atoms with van der Waals surface area (Å²) in [5, 5.41) is 3.05. The first kappa shape index (κ1) is 19.0. The second kappa shape index (κ2) is 9.28. The van der Waals surface area contributed by atoms with Gasteiger partial charge in [-0.15, -0.1) is 0 Å². The number of hydrogen-bond donors (Lipinski definition) is 1. The zero-order valence-corrected chi connectivity index (χ0v) is 15.9.